The predicted octanol–water partition coefficient (Wildman–Crippen LogP) is 6.14. The van der Waals surface area contributed by atoms with E-state index >= 15 is 0 Å². The lowest BCUT2D eigenvalue weighted by atomic mass is 10.1. The van der Waals surface area contributed by atoms with Crippen molar-refractivity contribution >= 4 is 34.8 Å². The molecule has 0 spiro atoms. The molecule has 2 rings (SSSR count). The van der Waals surface area contributed by atoms with Crippen molar-refractivity contribution in [2.75, 3.05) is 0 Å². The van der Waals surface area contributed by atoms with Gasteiger partial charge in [-0.3, -0.25) is 0 Å². The second-order valence-corrected chi connectivity index (χ2v) is 5.45. The summed E-state index contributed by atoms with van der Waals surface area (Å²) in [5.74, 6) is 1.54. The lowest BCUT2D eigenvalue weighted by Crippen LogP contribution is -1.90. The van der Waals surface area contributed by atoms with Gasteiger partial charge in [0.05, 0.1) is 10.0 Å². The van der Waals surface area contributed by atoms with Crippen molar-refractivity contribution < 1.29 is 4.74 Å². The molecule has 0 bridgehead atoms. The molecular formula is C15H13Cl3O. The largest absolute Gasteiger partial charge is 0.454 e. The van der Waals surface area contributed by atoms with Crippen molar-refractivity contribution in [2.24, 2.45) is 0 Å². The standard InChI is InChI=1S/C15H13Cl3O/c1-9-3-4-12(5-10(9)2)19-15-13(17)6-11(8-16)7-14(15)18/h3-7H,8H2,1-2H3. The third-order valence-electron chi connectivity index (χ3n) is 2.91. The summed E-state index contributed by atoms with van der Waals surface area (Å²) < 4.78 is 5.77. The molecule has 0 saturated carbocycles. The molecular weight excluding hydrogens is 303 g/mol. The quantitative estimate of drug-likeness (QED) is 0.618. The number of rotatable bonds is 3. The molecule has 0 saturated heterocycles. The van der Waals surface area contributed by atoms with Crippen molar-refractivity contribution in [1.82, 2.24) is 0 Å². The fourth-order valence-corrected chi connectivity index (χ4v) is 2.45. The smallest absolute Gasteiger partial charge is 0.164 e. The Labute approximate surface area is 128 Å². The summed E-state index contributed by atoms with van der Waals surface area (Å²) in [6.07, 6.45) is 0. The van der Waals surface area contributed by atoms with Gasteiger partial charge in [0.1, 0.15) is 5.75 Å². The summed E-state index contributed by atoms with van der Waals surface area (Å²) in [7, 11) is 0. The molecule has 0 amide bonds. The third-order valence-corrected chi connectivity index (χ3v) is 3.78. The van der Waals surface area contributed by atoms with Gasteiger partial charge in [0.25, 0.3) is 0 Å². The highest BCUT2D eigenvalue weighted by Crippen LogP contribution is 2.38. The maximum Gasteiger partial charge on any atom is 0.164 e. The zero-order chi connectivity index (χ0) is 14.0. The van der Waals surface area contributed by atoms with Crippen LogP contribution in [0.25, 0.3) is 0 Å². The molecule has 0 fully saturated rings. The van der Waals surface area contributed by atoms with E-state index in [2.05, 4.69) is 0 Å². The lowest BCUT2D eigenvalue weighted by Gasteiger charge is -2.12. The second-order valence-electron chi connectivity index (χ2n) is 4.37. The summed E-state index contributed by atoms with van der Waals surface area (Å²) in [5.41, 5.74) is 3.23. The molecule has 0 unspecified atom stereocenters. The van der Waals surface area contributed by atoms with Crippen molar-refractivity contribution in [2.45, 2.75) is 19.7 Å². The first-order valence-electron chi connectivity index (χ1n) is 5.80. The summed E-state index contributed by atoms with van der Waals surface area (Å²) in [5, 5.41) is 0.919. The van der Waals surface area contributed by atoms with Gasteiger partial charge < -0.3 is 4.74 Å². The van der Waals surface area contributed by atoms with Crippen LogP contribution in [0, 0.1) is 13.8 Å². The van der Waals surface area contributed by atoms with E-state index in [4.69, 9.17) is 39.5 Å². The fourth-order valence-electron chi connectivity index (χ4n) is 1.68. The van der Waals surface area contributed by atoms with E-state index in [1.807, 2.05) is 32.0 Å². The fraction of sp³-hybridized carbons (Fsp3) is 0.200. The topological polar surface area (TPSA) is 9.23 Å². The first kappa shape index (κ1) is 14.5. The van der Waals surface area contributed by atoms with Crippen LogP contribution in [0.1, 0.15) is 16.7 Å². The molecule has 0 atom stereocenters. The van der Waals surface area contributed by atoms with Crippen LogP contribution in [-0.2, 0) is 5.88 Å². The van der Waals surface area contributed by atoms with Gasteiger partial charge in [0.15, 0.2) is 5.75 Å². The van der Waals surface area contributed by atoms with Crippen LogP contribution in [0.15, 0.2) is 30.3 Å². The highest BCUT2D eigenvalue weighted by molar-refractivity contribution is 6.37. The molecule has 0 aliphatic carbocycles. The van der Waals surface area contributed by atoms with E-state index in [9.17, 15) is 0 Å². The summed E-state index contributed by atoms with van der Waals surface area (Å²) in [6.45, 7) is 4.08. The molecule has 0 aromatic heterocycles. The summed E-state index contributed by atoms with van der Waals surface area (Å²) >= 11 is 18.1. The number of aryl methyl sites for hydroxylation is 2. The minimum absolute atomic E-state index is 0.364. The van der Waals surface area contributed by atoms with Crippen molar-refractivity contribution in [3.05, 3.63) is 57.1 Å². The molecule has 19 heavy (non-hydrogen) atoms. The van der Waals surface area contributed by atoms with Gasteiger partial charge in [-0.2, -0.15) is 0 Å². The summed E-state index contributed by atoms with van der Waals surface area (Å²) in [6, 6.07) is 9.37. The molecule has 100 valence electrons. The molecule has 0 aliphatic heterocycles. The number of halogens is 3. The van der Waals surface area contributed by atoms with Gasteiger partial charge >= 0.3 is 0 Å². The van der Waals surface area contributed by atoms with E-state index < -0.39 is 0 Å². The molecule has 0 radical (unpaired) electrons. The Morgan fingerprint density at radius 3 is 2.11 bits per heavy atom. The molecule has 2 aromatic carbocycles. The van der Waals surface area contributed by atoms with Crippen LogP contribution in [0.3, 0.4) is 0 Å². The molecule has 0 aliphatic rings. The van der Waals surface area contributed by atoms with E-state index in [0.29, 0.717) is 27.4 Å². The van der Waals surface area contributed by atoms with Crippen molar-refractivity contribution in [1.29, 1.82) is 0 Å². The van der Waals surface area contributed by atoms with Crippen LogP contribution < -0.4 is 4.74 Å². The lowest BCUT2D eigenvalue weighted by molar-refractivity contribution is 0.482. The SMILES string of the molecule is Cc1ccc(Oc2c(Cl)cc(CCl)cc2Cl)cc1C. The Bertz CT molecular complexity index is 585. The van der Waals surface area contributed by atoms with Gasteiger partial charge in [-0.1, -0.05) is 29.3 Å². The molecule has 4 heteroatoms. The predicted molar refractivity (Wildman–Crippen MR) is 82.0 cm³/mol. The van der Waals surface area contributed by atoms with Gasteiger partial charge in [0, 0.05) is 5.88 Å². The normalized spacial score (nSPS) is 10.6. The van der Waals surface area contributed by atoms with Gasteiger partial charge in [0.2, 0.25) is 0 Å². The van der Waals surface area contributed by atoms with Crippen LogP contribution >= 0.6 is 34.8 Å². The van der Waals surface area contributed by atoms with Crippen molar-refractivity contribution in [3.8, 4) is 11.5 Å². The minimum Gasteiger partial charge on any atom is -0.454 e. The van der Waals surface area contributed by atoms with Crippen LogP contribution in [0.2, 0.25) is 10.0 Å². The Morgan fingerprint density at radius 2 is 1.58 bits per heavy atom. The van der Waals surface area contributed by atoms with E-state index in [1.54, 1.807) is 12.1 Å². The first-order chi connectivity index (χ1) is 9.01. The maximum atomic E-state index is 6.17. The van der Waals surface area contributed by atoms with Crippen LogP contribution in [0.4, 0.5) is 0 Å². The highest BCUT2D eigenvalue weighted by atomic mass is 35.5. The minimum atomic E-state index is 0.364. The van der Waals surface area contributed by atoms with E-state index in [1.165, 1.54) is 5.56 Å². The van der Waals surface area contributed by atoms with Gasteiger partial charge in [-0.05, 0) is 54.8 Å². The van der Waals surface area contributed by atoms with E-state index in [-0.39, 0.29) is 0 Å². The highest BCUT2D eigenvalue weighted by Gasteiger charge is 2.11. The monoisotopic (exact) mass is 314 g/mol. The Morgan fingerprint density at radius 1 is 0.947 bits per heavy atom. The van der Waals surface area contributed by atoms with Gasteiger partial charge in [-0.25, -0.2) is 0 Å². The Balaban J connectivity index is 2.35. The van der Waals surface area contributed by atoms with Crippen molar-refractivity contribution in [3.63, 3.8) is 0 Å². The number of alkyl halides is 1. The zero-order valence-corrected chi connectivity index (χ0v) is 12.9. The maximum absolute atomic E-state index is 6.17. The molecule has 0 heterocycles. The van der Waals surface area contributed by atoms with E-state index in [0.717, 1.165) is 11.1 Å². The average Bonchev–Trinajstić information content (AvgIpc) is 2.37. The Kier molecular flexibility index (Phi) is 4.62. The molecule has 2 aromatic rings. The van der Waals surface area contributed by atoms with Crippen LogP contribution in [0.5, 0.6) is 11.5 Å². The number of hydrogen-bond acceptors (Lipinski definition) is 1. The average molecular weight is 316 g/mol. The number of hydrogen-bond donors (Lipinski definition) is 0. The zero-order valence-electron chi connectivity index (χ0n) is 10.6. The molecule has 0 N–H and O–H groups in total. The Hall–Kier alpha value is -0.890. The number of ether oxygens (including phenoxy) is 1. The number of benzene rings is 2. The second kappa shape index (κ2) is 6.04. The summed E-state index contributed by atoms with van der Waals surface area (Å²) in [4.78, 5) is 0. The van der Waals surface area contributed by atoms with Crippen LogP contribution in [-0.4, -0.2) is 0 Å². The van der Waals surface area contributed by atoms with Gasteiger partial charge in [-0.15, -0.1) is 11.6 Å². The molecule has 1 nitrogen and oxygen atoms in total. The first-order valence-corrected chi connectivity index (χ1v) is 7.09. The third kappa shape index (κ3) is 3.36.